The first-order valence-electron chi connectivity index (χ1n) is 6.49. The van der Waals surface area contributed by atoms with E-state index in [9.17, 15) is 9.59 Å². The Hall–Kier alpha value is -1.67. The van der Waals surface area contributed by atoms with Crippen LogP contribution in [0.2, 0.25) is 0 Å². The van der Waals surface area contributed by atoms with Crippen LogP contribution < -0.4 is 10.6 Å². The molecule has 1 saturated heterocycles. The minimum absolute atomic E-state index is 0.142. The Balaban J connectivity index is 2.12. The average Bonchev–Trinajstić information content (AvgIpc) is 2.79. The molecular weight excluding hydrogens is 280 g/mol. The summed E-state index contributed by atoms with van der Waals surface area (Å²) < 4.78 is 0. The molecule has 1 aromatic rings. The van der Waals surface area contributed by atoms with E-state index in [1.54, 1.807) is 11.8 Å². The molecule has 0 saturated carbocycles. The SMILES string of the molecule is CCNc1nc(C)c(C(=O)N2CCN[C@H](C(=O)O)C2)s1. The largest absolute Gasteiger partial charge is 0.480 e. The highest BCUT2D eigenvalue weighted by Crippen LogP contribution is 2.24. The number of rotatable bonds is 4. The van der Waals surface area contributed by atoms with E-state index in [0.717, 1.165) is 11.7 Å². The third kappa shape index (κ3) is 3.07. The summed E-state index contributed by atoms with van der Waals surface area (Å²) in [5.74, 6) is -1.08. The Bertz CT molecular complexity index is 517. The lowest BCUT2D eigenvalue weighted by Gasteiger charge is -2.31. The zero-order chi connectivity index (χ0) is 14.7. The fourth-order valence-electron chi connectivity index (χ4n) is 2.07. The maximum Gasteiger partial charge on any atom is 0.322 e. The minimum atomic E-state index is -0.933. The van der Waals surface area contributed by atoms with Gasteiger partial charge in [-0.2, -0.15) is 0 Å². The van der Waals surface area contributed by atoms with E-state index in [1.165, 1.54) is 11.3 Å². The number of aryl methyl sites for hydroxylation is 1. The highest BCUT2D eigenvalue weighted by Gasteiger charge is 2.30. The molecule has 7 nitrogen and oxygen atoms in total. The van der Waals surface area contributed by atoms with Crippen molar-refractivity contribution in [2.75, 3.05) is 31.5 Å². The number of nitrogens with zero attached hydrogens (tertiary/aromatic N) is 2. The Kier molecular flexibility index (Phi) is 4.56. The van der Waals surface area contributed by atoms with Crippen LogP contribution in [0, 0.1) is 6.92 Å². The van der Waals surface area contributed by atoms with Crippen LogP contribution >= 0.6 is 11.3 Å². The van der Waals surface area contributed by atoms with Gasteiger partial charge in [0.15, 0.2) is 5.13 Å². The third-order valence-corrected chi connectivity index (χ3v) is 4.18. The number of aromatic nitrogens is 1. The highest BCUT2D eigenvalue weighted by atomic mass is 32.1. The van der Waals surface area contributed by atoms with Crippen molar-refractivity contribution in [2.45, 2.75) is 19.9 Å². The van der Waals surface area contributed by atoms with Crippen molar-refractivity contribution in [3.8, 4) is 0 Å². The molecule has 0 spiro atoms. The van der Waals surface area contributed by atoms with Crippen LogP contribution in [0.15, 0.2) is 0 Å². The third-order valence-electron chi connectivity index (χ3n) is 3.08. The molecule has 1 aliphatic rings. The summed E-state index contributed by atoms with van der Waals surface area (Å²) in [4.78, 5) is 29.9. The van der Waals surface area contributed by atoms with Gasteiger partial charge in [0.1, 0.15) is 10.9 Å². The molecule has 1 atom stereocenters. The maximum atomic E-state index is 12.5. The van der Waals surface area contributed by atoms with Gasteiger partial charge in [0, 0.05) is 26.2 Å². The zero-order valence-electron chi connectivity index (χ0n) is 11.5. The quantitative estimate of drug-likeness (QED) is 0.744. The molecule has 20 heavy (non-hydrogen) atoms. The first kappa shape index (κ1) is 14.7. The molecule has 0 radical (unpaired) electrons. The first-order valence-corrected chi connectivity index (χ1v) is 7.31. The van der Waals surface area contributed by atoms with Crippen molar-refractivity contribution < 1.29 is 14.7 Å². The number of carbonyl (C=O) groups excluding carboxylic acids is 1. The molecule has 0 aliphatic carbocycles. The van der Waals surface area contributed by atoms with E-state index in [0.29, 0.717) is 23.7 Å². The Morgan fingerprint density at radius 2 is 2.35 bits per heavy atom. The van der Waals surface area contributed by atoms with Gasteiger partial charge in [-0.05, 0) is 13.8 Å². The number of hydrogen-bond donors (Lipinski definition) is 3. The summed E-state index contributed by atoms with van der Waals surface area (Å²) in [6.45, 7) is 5.68. The zero-order valence-corrected chi connectivity index (χ0v) is 12.3. The van der Waals surface area contributed by atoms with Crippen molar-refractivity contribution in [1.82, 2.24) is 15.2 Å². The van der Waals surface area contributed by atoms with Crippen LogP contribution in [0.5, 0.6) is 0 Å². The Morgan fingerprint density at radius 1 is 1.60 bits per heavy atom. The van der Waals surface area contributed by atoms with E-state index in [2.05, 4.69) is 15.6 Å². The number of aliphatic carboxylic acids is 1. The van der Waals surface area contributed by atoms with E-state index < -0.39 is 12.0 Å². The molecule has 1 amide bonds. The molecule has 8 heteroatoms. The number of nitrogens with one attached hydrogen (secondary N) is 2. The summed E-state index contributed by atoms with van der Waals surface area (Å²) in [7, 11) is 0. The number of carboxylic acids is 1. The summed E-state index contributed by atoms with van der Waals surface area (Å²) in [5.41, 5.74) is 0.682. The first-order chi connectivity index (χ1) is 9.52. The van der Waals surface area contributed by atoms with Gasteiger partial charge in [0.25, 0.3) is 5.91 Å². The summed E-state index contributed by atoms with van der Waals surface area (Å²) in [5, 5.41) is 15.7. The van der Waals surface area contributed by atoms with Crippen LogP contribution in [0.25, 0.3) is 0 Å². The number of carboxylic acid groups (broad SMARTS) is 1. The second-order valence-corrected chi connectivity index (χ2v) is 5.56. The topological polar surface area (TPSA) is 94.6 Å². The normalized spacial score (nSPS) is 18.9. The van der Waals surface area contributed by atoms with E-state index in [4.69, 9.17) is 5.11 Å². The van der Waals surface area contributed by atoms with Crippen LogP contribution in [-0.4, -0.2) is 59.1 Å². The standard InChI is InChI=1S/C12H18N4O3S/c1-3-13-12-15-7(2)9(20-12)10(17)16-5-4-14-8(6-16)11(18)19/h8,14H,3-6H2,1-2H3,(H,13,15)(H,18,19)/t8-/m0/s1. The second-order valence-electron chi connectivity index (χ2n) is 4.56. The van der Waals surface area contributed by atoms with Crippen molar-refractivity contribution in [2.24, 2.45) is 0 Å². The Labute approximate surface area is 121 Å². The fraction of sp³-hybridized carbons (Fsp3) is 0.583. The number of anilines is 1. The predicted molar refractivity (Wildman–Crippen MR) is 76.3 cm³/mol. The van der Waals surface area contributed by atoms with Crippen LogP contribution in [0.1, 0.15) is 22.3 Å². The lowest BCUT2D eigenvalue weighted by Crippen LogP contribution is -2.55. The van der Waals surface area contributed by atoms with E-state index in [-0.39, 0.29) is 12.5 Å². The van der Waals surface area contributed by atoms with Crippen molar-refractivity contribution >= 4 is 28.3 Å². The van der Waals surface area contributed by atoms with Gasteiger partial charge in [-0.3, -0.25) is 9.59 Å². The average molecular weight is 298 g/mol. The van der Waals surface area contributed by atoms with Gasteiger partial charge in [-0.1, -0.05) is 11.3 Å². The molecule has 1 aromatic heterocycles. The number of amides is 1. The van der Waals surface area contributed by atoms with Crippen molar-refractivity contribution in [3.63, 3.8) is 0 Å². The molecule has 0 unspecified atom stereocenters. The lowest BCUT2D eigenvalue weighted by molar-refractivity contribution is -0.140. The molecule has 110 valence electrons. The second kappa shape index (κ2) is 6.19. The molecule has 3 N–H and O–H groups in total. The molecule has 2 heterocycles. The van der Waals surface area contributed by atoms with Crippen molar-refractivity contribution in [3.05, 3.63) is 10.6 Å². The summed E-state index contributed by atoms with van der Waals surface area (Å²) in [6, 6.07) is -0.700. The Morgan fingerprint density at radius 3 is 3.00 bits per heavy atom. The molecule has 1 aliphatic heterocycles. The minimum Gasteiger partial charge on any atom is -0.480 e. The van der Waals surface area contributed by atoms with E-state index >= 15 is 0 Å². The molecule has 0 bridgehead atoms. The number of thiazole rings is 1. The van der Waals surface area contributed by atoms with Crippen LogP contribution in [0.4, 0.5) is 5.13 Å². The van der Waals surface area contributed by atoms with Gasteiger partial charge < -0.3 is 20.6 Å². The molecule has 0 aromatic carbocycles. The summed E-state index contributed by atoms with van der Waals surface area (Å²) >= 11 is 1.31. The monoisotopic (exact) mass is 298 g/mol. The number of carbonyl (C=O) groups is 2. The van der Waals surface area contributed by atoms with Gasteiger partial charge in [0.2, 0.25) is 0 Å². The highest BCUT2D eigenvalue weighted by molar-refractivity contribution is 7.17. The summed E-state index contributed by atoms with van der Waals surface area (Å²) in [6.07, 6.45) is 0. The number of piperazine rings is 1. The van der Waals surface area contributed by atoms with Crippen LogP contribution in [0.3, 0.4) is 0 Å². The van der Waals surface area contributed by atoms with Crippen molar-refractivity contribution in [1.29, 1.82) is 0 Å². The van der Waals surface area contributed by atoms with Crippen LogP contribution in [-0.2, 0) is 4.79 Å². The van der Waals surface area contributed by atoms with Gasteiger partial charge in [-0.15, -0.1) is 0 Å². The predicted octanol–water partition coefficient (Wildman–Crippen LogP) is 0.382. The maximum absolute atomic E-state index is 12.5. The van der Waals surface area contributed by atoms with E-state index in [1.807, 2.05) is 6.92 Å². The molecular formula is C12H18N4O3S. The fourth-order valence-corrected chi connectivity index (χ4v) is 3.07. The smallest absolute Gasteiger partial charge is 0.322 e. The van der Waals surface area contributed by atoms with Gasteiger partial charge in [-0.25, -0.2) is 4.98 Å². The lowest BCUT2D eigenvalue weighted by atomic mass is 10.2. The number of hydrogen-bond acceptors (Lipinski definition) is 6. The van der Waals surface area contributed by atoms with Gasteiger partial charge >= 0.3 is 5.97 Å². The van der Waals surface area contributed by atoms with Gasteiger partial charge in [0.05, 0.1) is 5.69 Å². The molecule has 2 rings (SSSR count). The molecule has 1 fully saturated rings.